The van der Waals surface area contributed by atoms with Crippen LogP contribution in [0.4, 0.5) is 4.39 Å². The van der Waals surface area contributed by atoms with Crippen LogP contribution in [0, 0.1) is 5.82 Å². The molecule has 1 aromatic heterocycles. The van der Waals surface area contributed by atoms with E-state index in [0.29, 0.717) is 13.1 Å². The zero-order valence-corrected chi connectivity index (χ0v) is 18.9. The van der Waals surface area contributed by atoms with Gasteiger partial charge in [0.2, 0.25) is 5.91 Å². The lowest BCUT2D eigenvalue weighted by atomic mass is 10.0. The maximum absolute atomic E-state index is 13.2. The van der Waals surface area contributed by atoms with Crippen molar-refractivity contribution in [1.82, 2.24) is 19.6 Å². The first-order valence-corrected chi connectivity index (χ1v) is 11.5. The first-order valence-electron chi connectivity index (χ1n) is 11.5. The zero-order valence-electron chi connectivity index (χ0n) is 18.9. The summed E-state index contributed by atoms with van der Waals surface area (Å²) in [7, 11) is 0. The van der Waals surface area contributed by atoms with Gasteiger partial charge in [-0.25, -0.2) is 9.07 Å². The van der Waals surface area contributed by atoms with E-state index >= 15 is 0 Å². The summed E-state index contributed by atoms with van der Waals surface area (Å²) in [5, 5.41) is 4.99. The van der Waals surface area contributed by atoms with Crippen molar-refractivity contribution in [2.24, 2.45) is 0 Å². The monoisotopic (exact) mass is 434 g/mol. The Kier molecular flexibility index (Phi) is 7.00. The number of likely N-dealkylation sites (N-methyl/N-ethyl adjacent to an activating group) is 1. The summed E-state index contributed by atoms with van der Waals surface area (Å²) in [6.45, 7) is 8.25. The number of hydrogen-bond donors (Lipinski definition) is 0. The van der Waals surface area contributed by atoms with E-state index in [-0.39, 0.29) is 18.1 Å². The van der Waals surface area contributed by atoms with Crippen LogP contribution in [0.25, 0.3) is 5.69 Å². The molecule has 0 fully saturated rings. The minimum absolute atomic E-state index is 0.0309. The van der Waals surface area contributed by atoms with Gasteiger partial charge in [0.05, 0.1) is 30.0 Å². The number of carbonyl (C=O) groups is 1. The maximum atomic E-state index is 13.2. The molecule has 0 saturated carbocycles. The molecule has 5 nitrogen and oxygen atoms in total. The highest BCUT2D eigenvalue weighted by Gasteiger charge is 2.27. The van der Waals surface area contributed by atoms with Gasteiger partial charge < -0.3 is 4.90 Å². The van der Waals surface area contributed by atoms with Crippen LogP contribution in [0.5, 0.6) is 0 Å². The van der Waals surface area contributed by atoms with E-state index in [4.69, 9.17) is 5.10 Å². The summed E-state index contributed by atoms with van der Waals surface area (Å²) < 4.78 is 15.3. The number of amides is 1. The van der Waals surface area contributed by atoms with Crippen LogP contribution in [0.1, 0.15) is 42.8 Å². The van der Waals surface area contributed by atoms with E-state index in [1.54, 1.807) is 12.1 Å². The molecule has 2 heterocycles. The molecule has 0 bridgehead atoms. The quantitative estimate of drug-likeness (QED) is 0.529. The second-order valence-corrected chi connectivity index (χ2v) is 8.36. The second kappa shape index (κ2) is 10.1. The molecule has 0 unspecified atom stereocenters. The summed E-state index contributed by atoms with van der Waals surface area (Å²) in [4.78, 5) is 17.4. The van der Waals surface area contributed by atoms with Crippen molar-refractivity contribution in [2.75, 3.05) is 19.6 Å². The third-order valence-electron chi connectivity index (χ3n) is 6.10. The van der Waals surface area contributed by atoms with E-state index in [0.717, 1.165) is 49.4 Å². The van der Waals surface area contributed by atoms with Crippen molar-refractivity contribution in [2.45, 2.75) is 46.2 Å². The normalized spacial score (nSPS) is 13.7. The van der Waals surface area contributed by atoms with Crippen molar-refractivity contribution in [3.8, 4) is 5.69 Å². The van der Waals surface area contributed by atoms with Crippen LogP contribution in [0.15, 0.2) is 54.6 Å². The number of para-hydroxylation sites is 1. The third-order valence-corrected chi connectivity index (χ3v) is 6.10. The molecule has 168 valence electrons. The van der Waals surface area contributed by atoms with Crippen LogP contribution in [-0.2, 0) is 30.7 Å². The van der Waals surface area contributed by atoms with Crippen molar-refractivity contribution in [3.63, 3.8) is 0 Å². The highest BCUT2D eigenvalue weighted by molar-refractivity contribution is 5.78. The lowest BCUT2D eigenvalue weighted by Gasteiger charge is -2.28. The topological polar surface area (TPSA) is 41.4 Å². The Morgan fingerprint density at radius 3 is 2.53 bits per heavy atom. The molecule has 0 atom stereocenters. The van der Waals surface area contributed by atoms with Gasteiger partial charge >= 0.3 is 0 Å². The number of benzene rings is 2. The fourth-order valence-corrected chi connectivity index (χ4v) is 4.40. The standard InChI is InChI=1S/C26H31FN4O/c1-3-15-29-16-14-25-23(18-29)24(28-31(25)22-8-6-5-7-9-22)19-30(4-2)26(32)17-20-10-12-21(27)13-11-20/h5-13H,3-4,14-19H2,1-2H3. The summed E-state index contributed by atoms with van der Waals surface area (Å²) in [5.74, 6) is -0.258. The molecule has 1 amide bonds. The number of nitrogens with zero attached hydrogens (tertiary/aromatic N) is 4. The number of fused-ring (bicyclic) bond motifs is 1. The van der Waals surface area contributed by atoms with Gasteiger partial charge in [0.15, 0.2) is 0 Å². The average molecular weight is 435 g/mol. The van der Waals surface area contributed by atoms with Crippen molar-refractivity contribution < 1.29 is 9.18 Å². The molecular formula is C26H31FN4O. The van der Waals surface area contributed by atoms with E-state index in [2.05, 4.69) is 28.6 Å². The summed E-state index contributed by atoms with van der Waals surface area (Å²) in [6.07, 6.45) is 2.33. The smallest absolute Gasteiger partial charge is 0.227 e. The molecule has 1 aliphatic rings. The molecular weight excluding hydrogens is 403 g/mol. The highest BCUT2D eigenvalue weighted by Crippen LogP contribution is 2.26. The Bertz CT molecular complexity index is 1050. The summed E-state index contributed by atoms with van der Waals surface area (Å²) >= 11 is 0. The van der Waals surface area contributed by atoms with E-state index < -0.39 is 0 Å². The summed E-state index contributed by atoms with van der Waals surface area (Å²) in [6, 6.07) is 16.4. The lowest BCUT2D eigenvalue weighted by Crippen LogP contribution is -2.34. The first kappa shape index (κ1) is 22.2. The number of carbonyl (C=O) groups excluding carboxylic acids is 1. The molecule has 0 spiro atoms. The molecule has 2 aromatic carbocycles. The fraction of sp³-hybridized carbons (Fsp3) is 0.385. The molecule has 0 aliphatic carbocycles. The molecule has 32 heavy (non-hydrogen) atoms. The van der Waals surface area contributed by atoms with Crippen molar-refractivity contribution >= 4 is 5.91 Å². The summed E-state index contributed by atoms with van der Waals surface area (Å²) in [5.41, 5.74) is 5.35. The Morgan fingerprint density at radius 1 is 1.09 bits per heavy atom. The third kappa shape index (κ3) is 4.91. The van der Waals surface area contributed by atoms with E-state index in [1.165, 1.54) is 23.4 Å². The minimum Gasteiger partial charge on any atom is -0.337 e. The molecule has 6 heteroatoms. The Labute approximate surface area is 189 Å². The Balaban J connectivity index is 1.60. The molecule has 4 rings (SSSR count). The highest BCUT2D eigenvalue weighted by atomic mass is 19.1. The second-order valence-electron chi connectivity index (χ2n) is 8.36. The van der Waals surface area contributed by atoms with Gasteiger partial charge in [-0.05, 0) is 49.7 Å². The van der Waals surface area contributed by atoms with Gasteiger partial charge in [-0.15, -0.1) is 0 Å². The number of hydrogen-bond acceptors (Lipinski definition) is 3. The van der Waals surface area contributed by atoms with Crippen molar-refractivity contribution in [3.05, 3.63) is 82.9 Å². The van der Waals surface area contributed by atoms with Gasteiger partial charge in [-0.1, -0.05) is 37.3 Å². The molecule has 1 aliphatic heterocycles. The SMILES string of the molecule is CCCN1CCc2c(c(CN(CC)C(=O)Cc3ccc(F)cc3)nn2-c2ccccc2)C1. The Hall–Kier alpha value is -2.99. The van der Waals surface area contributed by atoms with Gasteiger partial charge in [-0.2, -0.15) is 5.10 Å². The van der Waals surface area contributed by atoms with Gasteiger partial charge in [0, 0.05) is 31.6 Å². The van der Waals surface area contributed by atoms with Gasteiger partial charge in [-0.3, -0.25) is 9.69 Å². The molecule has 0 saturated heterocycles. The van der Waals surface area contributed by atoms with E-state index in [9.17, 15) is 9.18 Å². The molecule has 0 N–H and O–H groups in total. The zero-order chi connectivity index (χ0) is 22.5. The maximum Gasteiger partial charge on any atom is 0.227 e. The van der Waals surface area contributed by atoms with Gasteiger partial charge in [0.25, 0.3) is 0 Å². The van der Waals surface area contributed by atoms with Crippen molar-refractivity contribution in [1.29, 1.82) is 0 Å². The van der Waals surface area contributed by atoms with Crippen LogP contribution in [0.3, 0.4) is 0 Å². The Morgan fingerprint density at radius 2 is 1.84 bits per heavy atom. The first-order chi connectivity index (χ1) is 15.6. The predicted octanol–water partition coefficient (Wildman–Crippen LogP) is 4.37. The van der Waals surface area contributed by atoms with Crippen LogP contribution in [0.2, 0.25) is 0 Å². The number of halogens is 1. The lowest BCUT2D eigenvalue weighted by molar-refractivity contribution is -0.130. The number of aromatic nitrogens is 2. The van der Waals surface area contributed by atoms with Crippen LogP contribution in [-0.4, -0.2) is 45.1 Å². The average Bonchev–Trinajstić information content (AvgIpc) is 3.17. The minimum atomic E-state index is -0.289. The predicted molar refractivity (Wildman–Crippen MR) is 124 cm³/mol. The number of rotatable bonds is 8. The van der Waals surface area contributed by atoms with Crippen LogP contribution >= 0.6 is 0 Å². The molecule has 3 aromatic rings. The van der Waals surface area contributed by atoms with Gasteiger partial charge in [0.1, 0.15) is 5.82 Å². The van der Waals surface area contributed by atoms with Crippen LogP contribution < -0.4 is 0 Å². The molecule has 0 radical (unpaired) electrons. The largest absolute Gasteiger partial charge is 0.337 e. The fourth-order valence-electron chi connectivity index (χ4n) is 4.40. The van der Waals surface area contributed by atoms with E-state index in [1.807, 2.05) is 30.0 Å².